The van der Waals surface area contributed by atoms with Crippen molar-refractivity contribution in [2.75, 3.05) is 51.3 Å². The zero-order chi connectivity index (χ0) is 15.8. The molecule has 0 spiro atoms. The molecule has 2 rings (SSSR count). The van der Waals surface area contributed by atoms with Gasteiger partial charge in [0, 0.05) is 31.9 Å². The van der Waals surface area contributed by atoms with Gasteiger partial charge in [-0.1, -0.05) is 6.07 Å². The lowest BCUT2D eigenvalue weighted by atomic mass is 10.3. The van der Waals surface area contributed by atoms with Crippen LogP contribution >= 0.6 is 0 Å². The van der Waals surface area contributed by atoms with Crippen molar-refractivity contribution >= 4 is 15.7 Å². The molecule has 6 nitrogen and oxygen atoms in total. The Balaban J connectivity index is 1.81. The molecule has 22 heavy (non-hydrogen) atoms. The molecule has 0 bridgehead atoms. The van der Waals surface area contributed by atoms with Crippen LogP contribution in [0.2, 0.25) is 0 Å². The Morgan fingerprint density at radius 1 is 1.27 bits per heavy atom. The Hall–Kier alpha value is -1.15. The molecule has 2 N–H and O–H groups in total. The normalized spacial score (nSPS) is 16.6. The molecule has 0 saturated carbocycles. The van der Waals surface area contributed by atoms with Crippen molar-refractivity contribution < 1.29 is 13.2 Å². The van der Waals surface area contributed by atoms with Gasteiger partial charge in [0.2, 0.25) is 10.0 Å². The molecule has 0 aromatic heterocycles. The summed E-state index contributed by atoms with van der Waals surface area (Å²) < 4.78 is 32.5. The van der Waals surface area contributed by atoms with Gasteiger partial charge in [-0.05, 0) is 38.1 Å². The van der Waals surface area contributed by atoms with Crippen molar-refractivity contribution in [3.8, 4) is 0 Å². The van der Waals surface area contributed by atoms with Crippen LogP contribution in [0, 0.1) is 0 Å². The van der Waals surface area contributed by atoms with Gasteiger partial charge < -0.3 is 10.1 Å². The van der Waals surface area contributed by atoms with Gasteiger partial charge in [-0.3, -0.25) is 4.90 Å². The first-order valence-corrected chi connectivity index (χ1v) is 9.24. The average Bonchev–Trinajstić information content (AvgIpc) is 2.53. The van der Waals surface area contributed by atoms with E-state index >= 15 is 0 Å². The molecule has 7 heteroatoms. The van der Waals surface area contributed by atoms with Gasteiger partial charge in [0.25, 0.3) is 0 Å². The topological polar surface area (TPSA) is 70.7 Å². The van der Waals surface area contributed by atoms with Crippen molar-refractivity contribution in [2.45, 2.75) is 18.2 Å². The molecular weight excluding hydrogens is 302 g/mol. The van der Waals surface area contributed by atoms with Gasteiger partial charge in [-0.15, -0.1) is 0 Å². The number of hydrogen-bond acceptors (Lipinski definition) is 5. The lowest BCUT2D eigenvalue weighted by Crippen LogP contribution is -2.38. The molecule has 124 valence electrons. The first kappa shape index (κ1) is 17.2. The van der Waals surface area contributed by atoms with Crippen LogP contribution in [-0.4, -0.2) is 59.3 Å². The first-order chi connectivity index (χ1) is 10.6. The van der Waals surface area contributed by atoms with Crippen molar-refractivity contribution in [1.29, 1.82) is 0 Å². The molecular formula is C15H25N3O3S. The van der Waals surface area contributed by atoms with E-state index < -0.39 is 10.0 Å². The number of rotatable bonds is 8. The van der Waals surface area contributed by atoms with Crippen molar-refractivity contribution in [2.24, 2.45) is 0 Å². The fraction of sp³-hybridized carbons (Fsp3) is 0.600. The Morgan fingerprint density at radius 3 is 2.77 bits per heavy atom. The Labute approximate surface area is 132 Å². The van der Waals surface area contributed by atoms with Crippen molar-refractivity contribution in [3.63, 3.8) is 0 Å². The van der Waals surface area contributed by atoms with E-state index in [0.717, 1.165) is 51.5 Å². The van der Waals surface area contributed by atoms with Gasteiger partial charge in [0.1, 0.15) is 0 Å². The largest absolute Gasteiger partial charge is 0.385 e. The maximum Gasteiger partial charge on any atom is 0.240 e. The summed E-state index contributed by atoms with van der Waals surface area (Å²) in [6.45, 7) is 7.47. The van der Waals surface area contributed by atoms with Gasteiger partial charge in [-0.25, -0.2) is 13.1 Å². The molecule has 0 radical (unpaired) electrons. The third-order valence-corrected chi connectivity index (χ3v) is 5.03. The molecule has 0 unspecified atom stereocenters. The summed E-state index contributed by atoms with van der Waals surface area (Å²) >= 11 is 0. The summed E-state index contributed by atoms with van der Waals surface area (Å²) in [5.74, 6) is 0. The summed E-state index contributed by atoms with van der Waals surface area (Å²) in [5.41, 5.74) is 0.818. The average molecular weight is 327 g/mol. The summed E-state index contributed by atoms with van der Waals surface area (Å²) in [6, 6.07) is 6.89. The minimum atomic E-state index is -3.44. The van der Waals surface area contributed by atoms with Crippen LogP contribution in [0.5, 0.6) is 0 Å². The van der Waals surface area contributed by atoms with Crippen LogP contribution in [0.25, 0.3) is 0 Å². The summed E-state index contributed by atoms with van der Waals surface area (Å²) in [4.78, 5) is 2.60. The molecule has 1 aromatic rings. The number of hydrogen-bond donors (Lipinski definition) is 2. The van der Waals surface area contributed by atoms with Gasteiger partial charge >= 0.3 is 0 Å². The van der Waals surface area contributed by atoms with E-state index in [1.807, 2.05) is 13.0 Å². The van der Waals surface area contributed by atoms with Crippen LogP contribution in [-0.2, 0) is 14.8 Å². The van der Waals surface area contributed by atoms with E-state index in [9.17, 15) is 8.42 Å². The predicted molar refractivity (Wildman–Crippen MR) is 87.7 cm³/mol. The monoisotopic (exact) mass is 327 g/mol. The zero-order valence-corrected chi connectivity index (χ0v) is 13.9. The van der Waals surface area contributed by atoms with Crippen molar-refractivity contribution in [3.05, 3.63) is 24.3 Å². The number of ether oxygens (including phenoxy) is 1. The second kappa shape index (κ2) is 8.47. The van der Waals surface area contributed by atoms with Crippen LogP contribution < -0.4 is 10.0 Å². The maximum atomic E-state index is 12.3. The van der Waals surface area contributed by atoms with Gasteiger partial charge in [-0.2, -0.15) is 0 Å². The molecule has 0 amide bonds. The number of anilines is 1. The molecule has 1 aliphatic heterocycles. The van der Waals surface area contributed by atoms with Crippen LogP contribution in [0.15, 0.2) is 29.2 Å². The SMILES string of the molecule is CCNc1cccc(S(=O)(=O)NCCCN2CCOCC2)c1. The van der Waals surface area contributed by atoms with E-state index in [0.29, 0.717) is 11.4 Å². The summed E-state index contributed by atoms with van der Waals surface area (Å²) in [6.07, 6.45) is 0.798. The van der Waals surface area contributed by atoms with Crippen LogP contribution in [0.1, 0.15) is 13.3 Å². The molecule has 0 aliphatic carbocycles. The highest BCUT2D eigenvalue weighted by Gasteiger charge is 2.14. The van der Waals surface area contributed by atoms with Crippen LogP contribution in [0.3, 0.4) is 0 Å². The highest BCUT2D eigenvalue weighted by molar-refractivity contribution is 7.89. The zero-order valence-electron chi connectivity index (χ0n) is 13.0. The molecule has 0 atom stereocenters. The molecule has 1 saturated heterocycles. The smallest absolute Gasteiger partial charge is 0.240 e. The van der Waals surface area contributed by atoms with Crippen LogP contribution in [0.4, 0.5) is 5.69 Å². The number of nitrogens with one attached hydrogen (secondary N) is 2. The first-order valence-electron chi connectivity index (χ1n) is 7.75. The fourth-order valence-electron chi connectivity index (χ4n) is 2.39. The van der Waals surface area contributed by atoms with E-state index in [1.54, 1.807) is 18.2 Å². The molecule has 1 aliphatic rings. The van der Waals surface area contributed by atoms with Gasteiger partial charge in [0.05, 0.1) is 18.1 Å². The molecule has 1 aromatic carbocycles. The third kappa shape index (κ3) is 5.24. The summed E-state index contributed by atoms with van der Waals surface area (Å²) in [5, 5.41) is 3.12. The second-order valence-corrected chi connectivity index (χ2v) is 7.03. The fourth-order valence-corrected chi connectivity index (χ4v) is 3.51. The number of nitrogens with zero attached hydrogens (tertiary/aromatic N) is 1. The minimum absolute atomic E-state index is 0.303. The third-order valence-electron chi connectivity index (χ3n) is 3.57. The number of morpholine rings is 1. The lowest BCUT2D eigenvalue weighted by Gasteiger charge is -2.26. The highest BCUT2D eigenvalue weighted by Crippen LogP contribution is 2.15. The second-order valence-electron chi connectivity index (χ2n) is 5.26. The highest BCUT2D eigenvalue weighted by atomic mass is 32.2. The maximum absolute atomic E-state index is 12.3. The van der Waals surface area contributed by atoms with E-state index in [2.05, 4.69) is 14.9 Å². The quantitative estimate of drug-likeness (QED) is 0.700. The molecule has 1 heterocycles. The standard InChI is InChI=1S/C15H25N3O3S/c1-2-16-14-5-3-6-15(13-14)22(19,20)17-7-4-8-18-9-11-21-12-10-18/h3,5-6,13,16-17H,2,4,7-12H2,1H3. The molecule has 1 fully saturated rings. The van der Waals surface area contributed by atoms with Gasteiger partial charge in [0.15, 0.2) is 0 Å². The number of sulfonamides is 1. The predicted octanol–water partition coefficient (Wildman–Crippen LogP) is 1.12. The van der Waals surface area contributed by atoms with E-state index in [-0.39, 0.29) is 0 Å². The Bertz CT molecular complexity index is 557. The minimum Gasteiger partial charge on any atom is -0.385 e. The van der Waals surface area contributed by atoms with E-state index in [4.69, 9.17) is 4.74 Å². The lowest BCUT2D eigenvalue weighted by molar-refractivity contribution is 0.0376. The number of benzene rings is 1. The summed E-state index contributed by atoms with van der Waals surface area (Å²) in [7, 11) is -3.44. The van der Waals surface area contributed by atoms with Crippen molar-refractivity contribution in [1.82, 2.24) is 9.62 Å². The van der Waals surface area contributed by atoms with E-state index in [1.165, 1.54) is 0 Å². The Kier molecular flexibility index (Phi) is 6.63. The Morgan fingerprint density at radius 2 is 2.05 bits per heavy atom.